The van der Waals surface area contributed by atoms with Crippen LogP contribution in [0.5, 0.6) is 0 Å². The van der Waals surface area contributed by atoms with Crippen LogP contribution in [0.3, 0.4) is 0 Å². The van der Waals surface area contributed by atoms with Gasteiger partial charge in [0, 0.05) is 30.1 Å². The van der Waals surface area contributed by atoms with Crippen molar-refractivity contribution >= 4 is 21.8 Å². The second kappa shape index (κ2) is 5.19. The highest BCUT2D eigenvalue weighted by Crippen LogP contribution is 2.21. The second-order valence-corrected chi connectivity index (χ2v) is 5.39. The third-order valence-electron chi connectivity index (χ3n) is 3.12. The minimum Gasteiger partial charge on any atom is -0.333 e. The van der Waals surface area contributed by atoms with Crippen LogP contribution in [0, 0.1) is 6.92 Å². The molecule has 3 nitrogen and oxygen atoms in total. The minimum absolute atomic E-state index is 0.117. The maximum absolute atomic E-state index is 12.4. The highest BCUT2D eigenvalue weighted by Gasteiger charge is 2.25. The maximum Gasteiger partial charge on any atom is 0.255 e. The molecule has 1 N–H and O–H groups in total. The predicted octanol–water partition coefficient (Wildman–Crippen LogP) is 2.19. The number of nitrogens with one attached hydrogen (secondary N) is 1. The van der Waals surface area contributed by atoms with Gasteiger partial charge in [-0.05, 0) is 47.5 Å². The number of amides is 1. The Bertz CT molecular complexity index is 433. The van der Waals surface area contributed by atoms with Crippen LogP contribution in [-0.4, -0.2) is 36.5 Å². The quantitative estimate of drug-likeness (QED) is 0.862. The molecule has 1 saturated heterocycles. The number of rotatable bonds is 1. The van der Waals surface area contributed by atoms with Gasteiger partial charge >= 0.3 is 0 Å². The van der Waals surface area contributed by atoms with Crippen molar-refractivity contribution in [2.45, 2.75) is 19.9 Å². The van der Waals surface area contributed by atoms with E-state index in [4.69, 9.17) is 0 Å². The second-order valence-electron chi connectivity index (χ2n) is 4.53. The number of benzene rings is 1. The first-order valence-corrected chi connectivity index (χ1v) is 6.66. The minimum atomic E-state index is 0.117. The first kappa shape index (κ1) is 12.6. The van der Waals surface area contributed by atoms with Crippen LogP contribution in [0.4, 0.5) is 0 Å². The number of carbonyl (C=O) groups is 1. The van der Waals surface area contributed by atoms with Crippen molar-refractivity contribution in [3.63, 3.8) is 0 Å². The molecular weight excluding hydrogens is 280 g/mol. The summed E-state index contributed by atoms with van der Waals surface area (Å²) >= 11 is 3.47. The van der Waals surface area contributed by atoms with Gasteiger partial charge in [0.25, 0.3) is 5.91 Å². The van der Waals surface area contributed by atoms with E-state index in [0.29, 0.717) is 0 Å². The molecule has 1 unspecified atom stereocenters. The van der Waals surface area contributed by atoms with Crippen LogP contribution >= 0.6 is 15.9 Å². The zero-order valence-corrected chi connectivity index (χ0v) is 11.8. The zero-order valence-electron chi connectivity index (χ0n) is 10.2. The summed E-state index contributed by atoms with van der Waals surface area (Å²) in [6, 6.07) is 6.12. The van der Waals surface area contributed by atoms with E-state index >= 15 is 0 Å². The average Bonchev–Trinajstić information content (AvgIpc) is 2.29. The summed E-state index contributed by atoms with van der Waals surface area (Å²) in [5, 5.41) is 3.29. The van der Waals surface area contributed by atoms with Crippen molar-refractivity contribution in [2.24, 2.45) is 0 Å². The van der Waals surface area contributed by atoms with Gasteiger partial charge in [0.05, 0.1) is 5.56 Å². The van der Waals surface area contributed by atoms with Crippen molar-refractivity contribution in [3.05, 3.63) is 33.8 Å². The molecule has 1 aromatic carbocycles. The van der Waals surface area contributed by atoms with Crippen LogP contribution in [-0.2, 0) is 0 Å². The molecule has 1 aromatic rings. The van der Waals surface area contributed by atoms with Gasteiger partial charge in [-0.1, -0.05) is 6.07 Å². The molecule has 0 saturated carbocycles. The van der Waals surface area contributed by atoms with Gasteiger partial charge < -0.3 is 10.2 Å². The molecule has 1 fully saturated rings. The van der Waals surface area contributed by atoms with E-state index < -0.39 is 0 Å². The fraction of sp³-hybridized carbons (Fsp3) is 0.462. The number of hydrogen-bond acceptors (Lipinski definition) is 2. The molecule has 2 rings (SSSR count). The lowest BCUT2D eigenvalue weighted by Gasteiger charge is -2.34. The fourth-order valence-corrected chi connectivity index (χ4v) is 2.75. The fourth-order valence-electron chi connectivity index (χ4n) is 2.09. The molecule has 92 valence electrons. The first-order chi connectivity index (χ1) is 8.09. The average molecular weight is 297 g/mol. The van der Waals surface area contributed by atoms with Gasteiger partial charge in [-0.25, -0.2) is 0 Å². The summed E-state index contributed by atoms with van der Waals surface area (Å²) < 4.78 is 0.883. The Balaban J connectivity index is 2.24. The van der Waals surface area contributed by atoms with Crippen molar-refractivity contribution in [1.82, 2.24) is 10.2 Å². The highest BCUT2D eigenvalue weighted by molar-refractivity contribution is 9.10. The Morgan fingerprint density at radius 2 is 2.29 bits per heavy atom. The van der Waals surface area contributed by atoms with Gasteiger partial charge in [0.1, 0.15) is 0 Å². The predicted molar refractivity (Wildman–Crippen MR) is 72.2 cm³/mol. The van der Waals surface area contributed by atoms with E-state index in [2.05, 4.69) is 28.2 Å². The molecule has 0 radical (unpaired) electrons. The number of aryl methyl sites for hydroxylation is 1. The number of halogens is 1. The van der Waals surface area contributed by atoms with Gasteiger partial charge in [0.2, 0.25) is 0 Å². The van der Waals surface area contributed by atoms with Crippen molar-refractivity contribution in [2.75, 3.05) is 19.6 Å². The Kier molecular flexibility index (Phi) is 3.84. The molecule has 0 aliphatic carbocycles. The summed E-state index contributed by atoms with van der Waals surface area (Å²) in [4.78, 5) is 14.3. The molecule has 4 heteroatoms. The lowest BCUT2D eigenvalue weighted by Crippen LogP contribution is -2.52. The number of nitrogens with zero attached hydrogens (tertiary/aromatic N) is 1. The van der Waals surface area contributed by atoms with E-state index in [-0.39, 0.29) is 11.9 Å². The van der Waals surface area contributed by atoms with Gasteiger partial charge in [-0.15, -0.1) is 0 Å². The topological polar surface area (TPSA) is 32.3 Å². The Hall–Kier alpha value is -0.870. The van der Waals surface area contributed by atoms with Crippen LogP contribution < -0.4 is 5.32 Å². The van der Waals surface area contributed by atoms with Gasteiger partial charge in [0.15, 0.2) is 0 Å². The summed E-state index contributed by atoms with van der Waals surface area (Å²) in [6.45, 7) is 6.62. The molecule has 17 heavy (non-hydrogen) atoms. The third-order valence-corrected chi connectivity index (χ3v) is 3.77. The number of hydrogen-bond donors (Lipinski definition) is 1. The van der Waals surface area contributed by atoms with Crippen molar-refractivity contribution < 1.29 is 4.79 Å². The van der Waals surface area contributed by atoms with Crippen molar-refractivity contribution in [3.8, 4) is 0 Å². The van der Waals surface area contributed by atoms with Gasteiger partial charge in [-0.3, -0.25) is 4.79 Å². The van der Waals surface area contributed by atoms with Crippen LogP contribution in [0.2, 0.25) is 0 Å². The Morgan fingerprint density at radius 3 is 2.94 bits per heavy atom. The van der Waals surface area contributed by atoms with Crippen molar-refractivity contribution in [1.29, 1.82) is 0 Å². The Morgan fingerprint density at radius 1 is 1.53 bits per heavy atom. The molecule has 0 spiro atoms. The summed E-state index contributed by atoms with van der Waals surface area (Å²) in [5.74, 6) is 0.117. The van der Waals surface area contributed by atoms with Gasteiger partial charge in [-0.2, -0.15) is 0 Å². The zero-order chi connectivity index (χ0) is 12.4. The van der Waals surface area contributed by atoms with E-state index in [0.717, 1.165) is 35.2 Å². The van der Waals surface area contributed by atoms with E-state index in [1.165, 1.54) is 0 Å². The molecule has 0 bridgehead atoms. The highest BCUT2D eigenvalue weighted by atomic mass is 79.9. The standard InChI is InChI=1S/C13H17BrN2O/c1-9-3-4-11(12(14)7-9)13(17)16-6-5-15-8-10(16)2/h3-4,7,10,15H,5-6,8H2,1-2H3. The number of carbonyl (C=O) groups excluding carboxylic acids is 1. The third kappa shape index (κ3) is 2.69. The Labute approximate surface area is 110 Å². The molecule has 0 aromatic heterocycles. The molecule has 1 atom stereocenters. The summed E-state index contributed by atoms with van der Waals surface area (Å²) in [5.41, 5.74) is 1.91. The van der Waals surface area contributed by atoms with E-state index in [9.17, 15) is 4.79 Å². The molecule has 1 heterocycles. The lowest BCUT2D eigenvalue weighted by molar-refractivity contribution is 0.0655. The largest absolute Gasteiger partial charge is 0.333 e. The summed E-state index contributed by atoms with van der Waals surface area (Å²) in [7, 11) is 0. The summed E-state index contributed by atoms with van der Waals surface area (Å²) in [6.07, 6.45) is 0. The van der Waals surface area contributed by atoms with E-state index in [1.807, 2.05) is 30.0 Å². The monoisotopic (exact) mass is 296 g/mol. The SMILES string of the molecule is Cc1ccc(C(=O)N2CCNCC2C)c(Br)c1. The van der Waals surface area contributed by atoms with E-state index in [1.54, 1.807) is 0 Å². The van der Waals surface area contributed by atoms with Crippen LogP contribution in [0.1, 0.15) is 22.8 Å². The lowest BCUT2D eigenvalue weighted by atomic mass is 10.1. The normalized spacial score (nSPS) is 20.4. The number of piperazine rings is 1. The molecule has 1 aliphatic heterocycles. The van der Waals surface area contributed by atoms with Crippen LogP contribution in [0.25, 0.3) is 0 Å². The van der Waals surface area contributed by atoms with Crippen LogP contribution in [0.15, 0.2) is 22.7 Å². The molecular formula is C13H17BrN2O. The molecule has 1 amide bonds. The first-order valence-electron chi connectivity index (χ1n) is 5.87. The maximum atomic E-state index is 12.4. The smallest absolute Gasteiger partial charge is 0.255 e. The molecule has 1 aliphatic rings.